The van der Waals surface area contributed by atoms with Gasteiger partial charge in [-0.15, -0.1) is 0 Å². The molecule has 2 aromatic rings. The number of aromatic carboxylic acids is 1. The zero-order chi connectivity index (χ0) is 30.6. The monoisotopic (exact) mass is 606 g/mol. The summed E-state index contributed by atoms with van der Waals surface area (Å²) in [5.41, 5.74) is 10.4. The smallest absolute Gasteiger partial charge is 0.336 e. The van der Waals surface area contributed by atoms with E-state index in [1.807, 2.05) is 0 Å². The van der Waals surface area contributed by atoms with Crippen LogP contribution >= 0.6 is 12.2 Å². The highest BCUT2D eigenvalue weighted by Gasteiger charge is 2.22. The topological polar surface area (TPSA) is 176 Å². The second-order valence-corrected chi connectivity index (χ2v) is 9.82. The zero-order valence-electron chi connectivity index (χ0n) is 23.2. The quantitative estimate of drug-likeness (QED) is 0.0350. The maximum absolute atomic E-state index is 12.4. The molecule has 1 aliphatic carbocycles. The van der Waals surface area contributed by atoms with E-state index in [0.717, 1.165) is 0 Å². The first-order valence-electron chi connectivity index (χ1n) is 13.5. The number of nitrogens with zero attached hydrogens (tertiary/aromatic N) is 3. The van der Waals surface area contributed by atoms with Crippen molar-refractivity contribution in [1.82, 2.24) is 0 Å². The van der Waals surface area contributed by atoms with Crippen LogP contribution in [0.4, 0.5) is 5.69 Å². The molecule has 12 nitrogen and oxygen atoms in total. The van der Waals surface area contributed by atoms with Gasteiger partial charge in [-0.2, -0.15) is 0 Å². The number of carbonyl (C=O) groups is 1. The number of azide groups is 1. The SMILES string of the molecule is [N-]=[N+]=NCCOCCOCCOCCCC(=S)Nc1ccc(-c2c3ccc(=O)cc-3oc3cc(O)ccc23)c(C(=O)O)c1. The predicted octanol–water partition coefficient (Wildman–Crippen LogP) is 5.85. The van der Waals surface area contributed by atoms with Crippen LogP contribution in [0.3, 0.4) is 0 Å². The van der Waals surface area contributed by atoms with Gasteiger partial charge in [-0.05, 0) is 53.9 Å². The lowest BCUT2D eigenvalue weighted by atomic mass is 9.90. The average molecular weight is 607 g/mol. The summed E-state index contributed by atoms with van der Waals surface area (Å²) in [6, 6.07) is 13.9. The van der Waals surface area contributed by atoms with Gasteiger partial charge in [-0.3, -0.25) is 4.79 Å². The van der Waals surface area contributed by atoms with Crippen LogP contribution in [0.15, 0.2) is 68.9 Å². The molecule has 1 heterocycles. The Balaban J connectivity index is 1.35. The Hall–Kier alpha value is -4.52. The van der Waals surface area contributed by atoms with E-state index in [0.29, 0.717) is 97.4 Å². The van der Waals surface area contributed by atoms with Gasteiger partial charge in [0.1, 0.15) is 17.1 Å². The van der Waals surface area contributed by atoms with E-state index in [4.69, 9.17) is 36.4 Å². The maximum atomic E-state index is 12.4. The molecule has 13 heteroatoms. The molecule has 2 aliphatic rings. The first kappa shape index (κ1) is 31.4. The van der Waals surface area contributed by atoms with Crippen molar-refractivity contribution in [1.29, 1.82) is 0 Å². The highest BCUT2D eigenvalue weighted by atomic mass is 32.1. The molecule has 4 rings (SSSR count). The van der Waals surface area contributed by atoms with Crippen molar-refractivity contribution in [2.45, 2.75) is 12.8 Å². The number of hydrogen-bond acceptors (Lipinski definition) is 9. The third kappa shape index (κ3) is 8.74. The van der Waals surface area contributed by atoms with Gasteiger partial charge in [-0.1, -0.05) is 23.4 Å². The van der Waals surface area contributed by atoms with E-state index in [1.165, 1.54) is 30.3 Å². The zero-order valence-corrected chi connectivity index (χ0v) is 24.0. The molecule has 0 bridgehead atoms. The minimum atomic E-state index is -1.14. The maximum Gasteiger partial charge on any atom is 0.336 e. The second kappa shape index (κ2) is 15.6. The number of phenols is 1. The van der Waals surface area contributed by atoms with E-state index >= 15 is 0 Å². The van der Waals surface area contributed by atoms with Gasteiger partial charge in [0, 0.05) is 58.8 Å². The van der Waals surface area contributed by atoms with Gasteiger partial charge in [0.15, 0.2) is 5.43 Å². The molecule has 0 saturated heterocycles. The number of hydrogen-bond donors (Lipinski definition) is 3. The Bertz CT molecular complexity index is 1670. The summed E-state index contributed by atoms with van der Waals surface area (Å²) >= 11 is 5.46. The fourth-order valence-corrected chi connectivity index (χ4v) is 4.68. The average Bonchev–Trinajstić information content (AvgIpc) is 2.98. The van der Waals surface area contributed by atoms with Crippen LogP contribution in [0.5, 0.6) is 5.75 Å². The molecule has 0 saturated carbocycles. The normalized spacial score (nSPS) is 11.0. The number of aromatic hydroxyl groups is 1. The lowest BCUT2D eigenvalue weighted by Crippen LogP contribution is -2.13. The highest BCUT2D eigenvalue weighted by Crippen LogP contribution is 2.42. The number of thiocarbonyl (C=S) groups is 1. The van der Waals surface area contributed by atoms with Crippen LogP contribution in [0, 0.1) is 0 Å². The fraction of sp³-hybridized carbons (Fsp3) is 0.300. The molecule has 3 N–H and O–H groups in total. The third-order valence-corrected chi connectivity index (χ3v) is 6.62. The molecule has 224 valence electrons. The summed E-state index contributed by atoms with van der Waals surface area (Å²) in [4.78, 5) is 27.6. The molecule has 0 spiro atoms. The van der Waals surface area contributed by atoms with Crippen molar-refractivity contribution in [3.8, 4) is 28.2 Å². The molecule has 0 unspecified atom stereocenters. The standard InChI is InChI=1S/C30H30N4O8S/c31-34-32-9-11-40-13-15-41-14-12-39-10-1-2-28(43)33-19-3-6-22(25(16-19)30(37)38)29-23-7-4-20(35)17-26(23)42-27-18-21(36)5-8-24(27)29/h3-8,16-18,35H,1-2,9-15H2,(H,33,43)(H,37,38). The van der Waals surface area contributed by atoms with E-state index in [1.54, 1.807) is 24.3 Å². The van der Waals surface area contributed by atoms with E-state index in [-0.39, 0.29) is 22.5 Å². The molecule has 0 aromatic heterocycles. The van der Waals surface area contributed by atoms with Gasteiger partial charge in [-0.25, -0.2) is 4.79 Å². The molecule has 0 amide bonds. The van der Waals surface area contributed by atoms with E-state index in [9.17, 15) is 19.8 Å². The first-order valence-corrected chi connectivity index (χ1v) is 13.9. The predicted molar refractivity (Wildman–Crippen MR) is 165 cm³/mol. The van der Waals surface area contributed by atoms with Crippen LogP contribution in [0.1, 0.15) is 23.2 Å². The molecular formula is C30H30N4O8S. The van der Waals surface area contributed by atoms with Gasteiger partial charge >= 0.3 is 5.97 Å². The molecule has 0 fully saturated rings. The van der Waals surface area contributed by atoms with E-state index in [2.05, 4.69) is 15.3 Å². The van der Waals surface area contributed by atoms with Crippen molar-refractivity contribution >= 4 is 39.8 Å². The van der Waals surface area contributed by atoms with Crippen LogP contribution in [0.2, 0.25) is 0 Å². The number of carboxylic acid groups (broad SMARTS) is 1. The summed E-state index contributed by atoms with van der Waals surface area (Å²) in [6.07, 6.45) is 1.20. The second-order valence-electron chi connectivity index (χ2n) is 9.32. The summed E-state index contributed by atoms with van der Waals surface area (Å²) in [5.74, 6) is -0.880. The van der Waals surface area contributed by atoms with Gasteiger partial charge < -0.3 is 34.2 Å². The number of benzene rings is 3. The largest absolute Gasteiger partial charge is 0.508 e. The Labute approximate surface area is 251 Å². The van der Waals surface area contributed by atoms with Crippen molar-refractivity contribution in [3.05, 3.63) is 80.8 Å². The Morgan fingerprint density at radius 3 is 2.42 bits per heavy atom. The summed E-state index contributed by atoms with van der Waals surface area (Å²) in [5, 5.41) is 27.2. The van der Waals surface area contributed by atoms with Crippen LogP contribution < -0.4 is 10.7 Å². The highest BCUT2D eigenvalue weighted by molar-refractivity contribution is 7.80. The van der Waals surface area contributed by atoms with E-state index < -0.39 is 5.97 Å². The number of phenolic OH excluding ortho intramolecular Hbond substituents is 1. The summed E-state index contributed by atoms with van der Waals surface area (Å²) in [6.45, 7) is 2.80. The fourth-order valence-electron chi connectivity index (χ4n) is 4.42. The van der Waals surface area contributed by atoms with Gasteiger partial charge in [0.25, 0.3) is 0 Å². The number of nitrogens with one attached hydrogen (secondary N) is 1. The Morgan fingerprint density at radius 2 is 1.67 bits per heavy atom. The summed E-state index contributed by atoms with van der Waals surface area (Å²) < 4.78 is 22.1. The summed E-state index contributed by atoms with van der Waals surface area (Å²) in [7, 11) is 0. The van der Waals surface area contributed by atoms with Crippen LogP contribution in [-0.4, -0.2) is 67.4 Å². The Morgan fingerprint density at radius 1 is 0.953 bits per heavy atom. The lowest BCUT2D eigenvalue weighted by molar-refractivity contribution is 0.0158. The molecule has 1 aliphatic heterocycles. The Kier molecular flexibility index (Phi) is 11.4. The van der Waals surface area contributed by atoms with Crippen molar-refractivity contribution in [3.63, 3.8) is 0 Å². The number of rotatable bonds is 16. The number of carboxylic acids is 1. The molecule has 0 radical (unpaired) electrons. The minimum absolute atomic E-state index is 0.0214. The number of anilines is 1. The minimum Gasteiger partial charge on any atom is -0.508 e. The third-order valence-electron chi connectivity index (χ3n) is 6.32. The molecule has 43 heavy (non-hydrogen) atoms. The first-order chi connectivity index (χ1) is 20.9. The van der Waals surface area contributed by atoms with Crippen LogP contribution in [-0.2, 0) is 14.2 Å². The lowest BCUT2D eigenvalue weighted by Gasteiger charge is -2.17. The number of fused-ring (bicyclic) bond motifs is 2. The van der Waals surface area contributed by atoms with Gasteiger partial charge in [0.2, 0.25) is 0 Å². The van der Waals surface area contributed by atoms with Crippen molar-refractivity contribution in [2.75, 3.05) is 51.5 Å². The molecule has 2 aromatic carbocycles. The van der Waals surface area contributed by atoms with Crippen molar-refractivity contribution in [2.24, 2.45) is 5.11 Å². The molecule has 0 atom stereocenters. The number of ether oxygens (including phenoxy) is 3. The van der Waals surface area contributed by atoms with Crippen molar-refractivity contribution < 1.29 is 33.6 Å². The van der Waals surface area contributed by atoms with Crippen LogP contribution in [0.25, 0.3) is 43.9 Å². The molecular weight excluding hydrogens is 576 g/mol. The van der Waals surface area contributed by atoms with Gasteiger partial charge in [0.05, 0.1) is 43.6 Å².